The number of aromatic amines is 1. The second-order valence-electron chi connectivity index (χ2n) is 4.84. The summed E-state index contributed by atoms with van der Waals surface area (Å²) in [6.07, 6.45) is 3.53. The first-order valence-corrected chi connectivity index (χ1v) is 6.66. The first-order chi connectivity index (χ1) is 8.99. The Hall–Kier alpha value is -1.62. The van der Waals surface area contributed by atoms with Crippen molar-refractivity contribution in [1.82, 2.24) is 19.9 Å². The number of aromatic nitrogens is 4. The van der Waals surface area contributed by atoms with Gasteiger partial charge in [0.2, 0.25) is 0 Å². The summed E-state index contributed by atoms with van der Waals surface area (Å²) in [6.45, 7) is 8.01. The molecular formula is C13H18ClN5. The summed E-state index contributed by atoms with van der Waals surface area (Å²) in [7, 11) is 0. The number of imidazole rings is 1. The molecule has 5 nitrogen and oxygen atoms in total. The van der Waals surface area contributed by atoms with Gasteiger partial charge in [0.1, 0.15) is 22.6 Å². The third-order valence-corrected chi connectivity index (χ3v) is 3.27. The molecule has 2 aromatic heterocycles. The molecule has 2 rings (SSSR count). The predicted molar refractivity (Wildman–Crippen MR) is 76.5 cm³/mol. The van der Waals surface area contributed by atoms with Gasteiger partial charge in [0.25, 0.3) is 0 Å². The Morgan fingerprint density at radius 3 is 2.58 bits per heavy atom. The van der Waals surface area contributed by atoms with Crippen LogP contribution in [0.2, 0.25) is 5.15 Å². The number of H-pyrrole nitrogens is 1. The fraction of sp³-hybridized carbons (Fsp3) is 0.462. The number of hydrogen-bond acceptors (Lipinski definition) is 4. The van der Waals surface area contributed by atoms with Crippen molar-refractivity contribution in [2.24, 2.45) is 0 Å². The Labute approximate surface area is 117 Å². The summed E-state index contributed by atoms with van der Waals surface area (Å²) in [6, 6.07) is 0.0275. The van der Waals surface area contributed by atoms with Gasteiger partial charge in [0, 0.05) is 23.9 Å². The van der Waals surface area contributed by atoms with E-state index in [1.807, 2.05) is 27.7 Å². The zero-order valence-electron chi connectivity index (χ0n) is 11.5. The lowest BCUT2D eigenvalue weighted by atomic mass is 10.2. The number of rotatable bonds is 4. The van der Waals surface area contributed by atoms with Gasteiger partial charge in [0.15, 0.2) is 0 Å². The smallest absolute Gasteiger partial charge is 0.137 e. The standard InChI is InChI=1S/C13H18ClN5/c1-7(2)11-18-10(14)8(3)12(19-11)17-9(4)13-15-5-6-16-13/h5-7,9H,1-4H3,(H,15,16)(H,17,18,19). The van der Waals surface area contributed by atoms with Gasteiger partial charge in [0.05, 0.1) is 6.04 Å². The summed E-state index contributed by atoms with van der Waals surface area (Å²) in [5.74, 6) is 2.59. The summed E-state index contributed by atoms with van der Waals surface area (Å²) in [4.78, 5) is 16.1. The number of anilines is 1. The maximum atomic E-state index is 6.16. The highest BCUT2D eigenvalue weighted by Gasteiger charge is 2.15. The van der Waals surface area contributed by atoms with Crippen LogP contribution in [-0.2, 0) is 0 Å². The van der Waals surface area contributed by atoms with Crippen molar-refractivity contribution in [2.75, 3.05) is 5.32 Å². The van der Waals surface area contributed by atoms with Gasteiger partial charge >= 0.3 is 0 Å². The van der Waals surface area contributed by atoms with Crippen molar-refractivity contribution >= 4 is 17.4 Å². The van der Waals surface area contributed by atoms with Crippen LogP contribution in [-0.4, -0.2) is 19.9 Å². The molecule has 0 spiro atoms. The number of nitrogens with zero attached hydrogens (tertiary/aromatic N) is 3. The molecule has 1 unspecified atom stereocenters. The number of halogens is 1. The molecule has 0 aliphatic rings. The van der Waals surface area contributed by atoms with E-state index in [-0.39, 0.29) is 12.0 Å². The van der Waals surface area contributed by atoms with Gasteiger partial charge in [-0.05, 0) is 13.8 Å². The number of hydrogen-bond donors (Lipinski definition) is 2. The Kier molecular flexibility index (Phi) is 4.04. The molecule has 0 amide bonds. The highest BCUT2D eigenvalue weighted by atomic mass is 35.5. The quantitative estimate of drug-likeness (QED) is 0.841. The molecule has 1 atom stereocenters. The van der Waals surface area contributed by atoms with E-state index >= 15 is 0 Å². The highest BCUT2D eigenvalue weighted by molar-refractivity contribution is 6.30. The SMILES string of the molecule is Cc1c(Cl)nc(C(C)C)nc1NC(C)c1ncc[nH]1. The van der Waals surface area contributed by atoms with E-state index < -0.39 is 0 Å². The number of nitrogens with one attached hydrogen (secondary N) is 2. The fourth-order valence-electron chi connectivity index (χ4n) is 1.69. The van der Waals surface area contributed by atoms with Gasteiger partial charge in [-0.25, -0.2) is 15.0 Å². The Morgan fingerprint density at radius 2 is 2.00 bits per heavy atom. The third kappa shape index (κ3) is 3.04. The van der Waals surface area contributed by atoms with Crippen LogP contribution in [0.25, 0.3) is 0 Å². The van der Waals surface area contributed by atoms with Crippen molar-refractivity contribution < 1.29 is 0 Å². The van der Waals surface area contributed by atoms with E-state index in [0.29, 0.717) is 5.15 Å². The van der Waals surface area contributed by atoms with Crippen LogP contribution >= 0.6 is 11.6 Å². The van der Waals surface area contributed by atoms with E-state index in [0.717, 1.165) is 23.0 Å². The van der Waals surface area contributed by atoms with E-state index in [2.05, 4.69) is 25.3 Å². The average Bonchev–Trinajstić information content (AvgIpc) is 2.88. The Bertz CT molecular complexity index is 550. The van der Waals surface area contributed by atoms with E-state index in [4.69, 9.17) is 11.6 Å². The Morgan fingerprint density at radius 1 is 1.26 bits per heavy atom. The topological polar surface area (TPSA) is 66.5 Å². The lowest BCUT2D eigenvalue weighted by Crippen LogP contribution is -2.13. The van der Waals surface area contributed by atoms with Crippen molar-refractivity contribution in [3.05, 3.63) is 34.8 Å². The molecule has 102 valence electrons. The van der Waals surface area contributed by atoms with Gasteiger partial charge in [-0.15, -0.1) is 0 Å². The monoisotopic (exact) mass is 279 g/mol. The molecule has 0 saturated heterocycles. The summed E-state index contributed by atoms with van der Waals surface area (Å²) < 4.78 is 0. The summed E-state index contributed by atoms with van der Waals surface area (Å²) in [5, 5.41) is 3.81. The van der Waals surface area contributed by atoms with Crippen LogP contribution in [0.1, 0.15) is 49.9 Å². The van der Waals surface area contributed by atoms with Crippen molar-refractivity contribution in [2.45, 2.75) is 39.7 Å². The molecule has 0 aliphatic heterocycles. The maximum Gasteiger partial charge on any atom is 0.137 e. The molecular weight excluding hydrogens is 262 g/mol. The van der Waals surface area contributed by atoms with E-state index in [1.54, 1.807) is 12.4 Å². The molecule has 0 aromatic carbocycles. The molecule has 6 heteroatoms. The second kappa shape index (κ2) is 5.57. The lowest BCUT2D eigenvalue weighted by Gasteiger charge is -2.16. The molecule has 0 aliphatic carbocycles. The van der Waals surface area contributed by atoms with Crippen LogP contribution in [0.4, 0.5) is 5.82 Å². The summed E-state index contributed by atoms with van der Waals surface area (Å²) in [5.41, 5.74) is 0.851. The Balaban J connectivity index is 2.29. The first kappa shape index (κ1) is 13.8. The molecule has 19 heavy (non-hydrogen) atoms. The second-order valence-corrected chi connectivity index (χ2v) is 5.20. The molecule has 2 aromatic rings. The lowest BCUT2D eigenvalue weighted by molar-refractivity contribution is 0.756. The summed E-state index contributed by atoms with van der Waals surface area (Å²) >= 11 is 6.16. The van der Waals surface area contributed by atoms with Gasteiger partial charge in [-0.3, -0.25) is 0 Å². The molecule has 0 saturated carbocycles. The minimum absolute atomic E-state index is 0.0275. The molecule has 0 fully saturated rings. The fourth-order valence-corrected chi connectivity index (χ4v) is 1.87. The van der Waals surface area contributed by atoms with Crippen molar-refractivity contribution in [1.29, 1.82) is 0 Å². The first-order valence-electron chi connectivity index (χ1n) is 6.29. The molecule has 0 radical (unpaired) electrons. The highest BCUT2D eigenvalue weighted by Crippen LogP contribution is 2.25. The minimum atomic E-state index is 0.0275. The van der Waals surface area contributed by atoms with Crippen molar-refractivity contribution in [3.63, 3.8) is 0 Å². The molecule has 2 N–H and O–H groups in total. The van der Waals surface area contributed by atoms with E-state index in [1.165, 1.54) is 0 Å². The zero-order valence-corrected chi connectivity index (χ0v) is 12.3. The normalized spacial score (nSPS) is 12.7. The average molecular weight is 280 g/mol. The van der Waals surface area contributed by atoms with Crippen LogP contribution < -0.4 is 5.32 Å². The maximum absolute atomic E-state index is 6.16. The predicted octanol–water partition coefficient (Wildman–Crippen LogP) is 3.46. The van der Waals surface area contributed by atoms with E-state index in [9.17, 15) is 0 Å². The van der Waals surface area contributed by atoms with Crippen molar-refractivity contribution in [3.8, 4) is 0 Å². The zero-order chi connectivity index (χ0) is 14.0. The van der Waals surface area contributed by atoms with Crippen LogP contribution in [0.3, 0.4) is 0 Å². The van der Waals surface area contributed by atoms with Gasteiger partial charge < -0.3 is 10.3 Å². The van der Waals surface area contributed by atoms with Crippen LogP contribution in [0, 0.1) is 6.92 Å². The largest absolute Gasteiger partial charge is 0.360 e. The van der Waals surface area contributed by atoms with Crippen LogP contribution in [0.5, 0.6) is 0 Å². The van der Waals surface area contributed by atoms with Gasteiger partial charge in [-0.2, -0.15) is 0 Å². The minimum Gasteiger partial charge on any atom is -0.360 e. The van der Waals surface area contributed by atoms with Crippen LogP contribution in [0.15, 0.2) is 12.4 Å². The van der Waals surface area contributed by atoms with Gasteiger partial charge in [-0.1, -0.05) is 25.4 Å². The molecule has 0 bridgehead atoms. The third-order valence-electron chi connectivity index (χ3n) is 2.90. The molecule has 2 heterocycles.